The molecule has 0 fully saturated rings. The minimum Gasteiger partial charge on any atom is -0.208 e. The summed E-state index contributed by atoms with van der Waals surface area (Å²) in [4.78, 5) is 29.4. The number of hydrogen-bond donors (Lipinski definition) is 0. The second kappa shape index (κ2) is 17.3. The van der Waals surface area contributed by atoms with Gasteiger partial charge < -0.3 is 0 Å². The van der Waals surface area contributed by atoms with Crippen LogP contribution < -0.4 is 0 Å². The third-order valence-electron chi connectivity index (χ3n) is 11.0. The number of rotatable bonds is 6. The van der Waals surface area contributed by atoms with E-state index in [4.69, 9.17) is 29.9 Å². The Morgan fingerprint density at radius 2 is 0.333 bits per heavy atom. The van der Waals surface area contributed by atoms with Crippen LogP contribution in [0.5, 0.6) is 0 Å². The van der Waals surface area contributed by atoms with Gasteiger partial charge in [0.05, 0.1) is 0 Å². The van der Waals surface area contributed by atoms with Crippen LogP contribution in [-0.4, -0.2) is 29.9 Å². The van der Waals surface area contributed by atoms with E-state index < -0.39 is 0 Å². The molecule has 0 aliphatic carbocycles. The summed E-state index contributed by atoms with van der Waals surface area (Å²) < 4.78 is 0. The number of hydrogen-bond acceptors (Lipinski definition) is 6. The lowest BCUT2D eigenvalue weighted by molar-refractivity contribution is 1.06. The highest BCUT2D eigenvalue weighted by atomic mass is 15.0. The number of aromatic nitrogens is 6. The van der Waals surface area contributed by atoms with Gasteiger partial charge in [0.1, 0.15) is 0 Å². The van der Waals surface area contributed by atoms with E-state index in [2.05, 4.69) is 192 Å². The molecule has 60 heavy (non-hydrogen) atoms. The minimum atomic E-state index is 0.715. The molecular weight excluding hydrogens is 733 g/mol. The molecule has 8 aromatic rings. The lowest BCUT2D eigenvalue weighted by Crippen LogP contribution is -2.03. The molecule has 8 rings (SSSR count). The fourth-order valence-corrected chi connectivity index (χ4v) is 7.86. The van der Waals surface area contributed by atoms with Crippen molar-refractivity contribution >= 4 is 0 Å². The fraction of sp³-hybridized carbons (Fsp3) is 0.222. The average molecular weight is 787 g/mol. The van der Waals surface area contributed by atoms with Crippen molar-refractivity contribution in [3.05, 3.63) is 176 Å². The van der Waals surface area contributed by atoms with Gasteiger partial charge in [-0.1, -0.05) is 143 Å². The van der Waals surface area contributed by atoms with Crippen LogP contribution in [0.3, 0.4) is 0 Å². The molecule has 0 saturated heterocycles. The maximum atomic E-state index is 4.91. The lowest BCUT2D eigenvalue weighted by Gasteiger charge is -2.13. The predicted molar refractivity (Wildman–Crippen MR) is 249 cm³/mol. The standard InChI is InChI=1S/2C27H27N3/c2*1-16-7-10-22(19(4)13-16)25-28-26(23-11-8-17(2)14-20(23)5)30-27(29-25)24-12-9-18(3)15-21(24)6/h2*7-15H,1-6H3. The molecule has 2 heterocycles. The monoisotopic (exact) mass is 786 g/mol. The van der Waals surface area contributed by atoms with Gasteiger partial charge >= 0.3 is 0 Å². The molecule has 0 saturated carbocycles. The first-order chi connectivity index (χ1) is 28.6. The normalized spacial score (nSPS) is 11.0. The highest BCUT2D eigenvalue weighted by molar-refractivity contribution is 5.73. The third kappa shape index (κ3) is 9.14. The number of aryl methyl sites for hydroxylation is 12. The first-order valence-corrected chi connectivity index (χ1v) is 20.6. The smallest absolute Gasteiger partial charge is 0.164 e. The van der Waals surface area contributed by atoms with Crippen LogP contribution in [0.15, 0.2) is 109 Å². The van der Waals surface area contributed by atoms with Crippen LogP contribution in [0.4, 0.5) is 0 Å². The maximum Gasteiger partial charge on any atom is 0.164 e. The molecule has 0 unspecified atom stereocenters. The Balaban J connectivity index is 0.000000181. The van der Waals surface area contributed by atoms with E-state index in [9.17, 15) is 0 Å². The Kier molecular flexibility index (Phi) is 12.0. The van der Waals surface area contributed by atoms with Crippen LogP contribution in [-0.2, 0) is 0 Å². The van der Waals surface area contributed by atoms with Crippen LogP contribution >= 0.6 is 0 Å². The van der Waals surface area contributed by atoms with Gasteiger partial charge in [-0.3, -0.25) is 0 Å². The molecule has 6 aromatic carbocycles. The summed E-state index contributed by atoms with van der Waals surface area (Å²) in [6.45, 7) is 25.3. The quantitative estimate of drug-likeness (QED) is 0.167. The van der Waals surface area contributed by atoms with E-state index in [1.165, 1.54) is 66.8 Å². The Morgan fingerprint density at radius 1 is 0.200 bits per heavy atom. The first kappa shape index (κ1) is 41.5. The summed E-state index contributed by atoms with van der Waals surface area (Å²) in [6.07, 6.45) is 0. The predicted octanol–water partition coefficient (Wildman–Crippen LogP) is 13.4. The minimum absolute atomic E-state index is 0.715. The molecular formula is C54H54N6. The Bertz CT molecular complexity index is 2370. The Morgan fingerprint density at radius 3 is 0.450 bits per heavy atom. The summed E-state index contributed by atoms with van der Waals surface area (Å²) in [7, 11) is 0. The molecule has 300 valence electrons. The van der Waals surface area contributed by atoms with Gasteiger partial charge in [0.2, 0.25) is 0 Å². The lowest BCUT2D eigenvalue weighted by atomic mass is 10.0. The van der Waals surface area contributed by atoms with Crippen molar-refractivity contribution in [1.29, 1.82) is 0 Å². The summed E-state index contributed by atoms with van der Waals surface area (Å²) in [6, 6.07) is 38.4. The molecule has 0 spiro atoms. The number of nitrogens with zero attached hydrogens (tertiary/aromatic N) is 6. The molecule has 6 nitrogen and oxygen atoms in total. The van der Waals surface area contributed by atoms with Gasteiger partial charge in [-0.25, -0.2) is 29.9 Å². The number of benzene rings is 6. The molecule has 0 bridgehead atoms. The van der Waals surface area contributed by atoms with E-state index in [1.54, 1.807) is 0 Å². The molecule has 0 N–H and O–H groups in total. The summed E-state index contributed by atoms with van der Waals surface area (Å²) in [5.74, 6) is 4.29. The molecule has 2 aromatic heterocycles. The van der Waals surface area contributed by atoms with Crippen LogP contribution in [0, 0.1) is 83.1 Å². The van der Waals surface area contributed by atoms with Crippen LogP contribution in [0.1, 0.15) is 66.8 Å². The van der Waals surface area contributed by atoms with Crippen LogP contribution in [0.25, 0.3) is 68.3 Å². The highest BCUT2D eigenvalue weighted by Gasteiger charge is 2.18. The Hall–Kier alpha value is -6.66. The molecule has 0 amide bonds. The van der Waals surface area contributed by atoms with Gasteiger partial charge in [-0.15, -0.1) is 0 Å². The fourth-order valence-electron chi connectivity index (χ4n) is 7.86. The zero-order chi connectivity index (χ0) is 42.8. The van der Waals surface area contributed by atoms with Crippen molar-refractivity contribution in [1.82, 2.24) is 29.9 Å². The second-order valence-electron chi connectivity index (χ2n) is 16.5. The molecule has 6 heteroatoms. The SMILES string of the molecule is Cc1ccc(-c2nc(-c3ccc(C)cc3C)nc(-c3ccc(C)cc3C)n2)c(C)c1.Cc1ccc(-c2nc(-c3ccc(C)cc3C)nc(-c3ccc(C)cc3C)n2)c(C)c1. The van der Waals surface area contributed by atoms with Gasteiger partial charge in [0.15, 0.2) is 34.9 Å². The van der Waals surface area contributed by atoms with Crippen molar-refractivity contribution in [2.75, 3.05) is 0 Å². The van der Waals surface area contributed by atoms with E-state index in [0.29, 0.717) is 34.9 Å². The average Bonchev–Trinajstić information content (AvgIpc) is 3.18. The summed E-state index contributed by atoms with van der Waals surface area (Å²) >= 11 is 0. The summed E-state index contributed by atoms with van der Waals surface area (Å²) in [5.41, 5.74) is 20.6. The van der Waals surface area contributed by atoms with Crippen molar-refractivity contribution in [2.45, 2.75) is 83.1 Å². The van der Waals surface area contributed by atoms with Crippen molar-refractivity contribution in [3.63, 3.8) is 0 Å². The molecule has 0 aliphatic heterocycles. The van der Waals surface area contributed by atoms with Gasteiger partial charge in [-0.2, -0.15) is 0 Å². The molecule has 0 atom stereocenters. The summed E-state index contributed by atoms with van der Waals surface area (Å²) in [5, 5.41) is 0. The second-order valence-corrected chi connectivity index (χ2v) is 16.5. The first-order valence-electron chi connectivity index (χ1n) is 20.6. The molecule has 0 aliphatic rings. The molecule has 0 radical (unpaired) electrons. The van der Waals surface area contributed by atoms with Crippen molar-refractivity contribution in [3.8, 4) is 68.3 Å². The van der Waals surface area contributed by atoms with E-state index in [0.717, 1.165) is 33.4 Å². The van der Waals surface area contributed by atoms with Gasteiger partial charge in [-0.05, 0) is 116 Å². The van der Waals surface area contributed by atoms with E-state index in [-0.39, 0.29) is 0 Å². The largest absolute Gasteiger partial charge is 0.208 e. The zero-order valence-corrected chi connectivity index (χ0v) is 37.1. The zero-order valence-electron chi connectivity index (χ0n) is 37.1. The van der Waals surface area contributed by atoms with E-state index >= 15 is 0 Å². The Labute approximate surface area is 356 Å². The topological polar surface area (TPSA) is 77.3 Å². The van der Waals surface area contributed by atoms with Crippen LogP contribution in [0.2, 0.25) is 0 Å². The van der Waals surface area contributed by atoms with Gasteiger partial charge in [0, 0.05) is 33.4 Å². The highest BCUT2D eigenvalue weighted by Crippen LogP contribution is 2.32. The van der Waals surface area contributed by atoms with Gasteiger partial charge in [0.25, 0.3) is 0 Å². The van der Waals surface area contributed by atoms with Crippen molar-refractivity contribution in [2.24, 2.45) is 0 Å². The van der Waals surface area contributed by atoms with Crippen molar-refractivity contribution < 1.29 is 0 Å². The van der Waals surface area contributed by atoms with E-state index in [1.807, 2.05) is 0 Å². The maximum absolute atomic E-state index is 4.91. The third-order valence-corrected chi connectivity index (χ3v) is 11.0.